The molecular formula is C11H14BrNO2. The molecule has 1 aromatic rings. The van der Waals surface area contributed by atoms with Crippen molar-refractivity contribution in [3.05, 3.63) is 27.7 Å². The highest BCUT2D eigenvalue weighted by Crippen LogP contribution is 2.35. The topological polar surface area (TPSA) is 41.5 Å². The van der Waals surface area contributed by atoms with Crippen molar-refractivity contribution in [2.75, 3.05) is 19.7 Å². The van der Waals surface area contributed by atoms with Gasteiger partial charge in [0.15, 0.2) is 0 Å². The first-order chi connectivity index (χ1) is 7.18. The molecule has 0 aliphatic carbocycles. The second kappa shape index (κ2) is 4.51. The van der Waals surface area contributed by atoms with Gasteiger partial charge < -0.3 is 15.2 Å². The molecule has 1 saturated heterocycles. The second-order valence-electron chi connectivity index (χ2n) is 3.74. The number of hydrogen-bond acceptors (Lipinski definition) is 3. The molecule has 4 heteroatoms. The van der Waals surface area contributed by atoms with E-state index in [0.29, 0.717) is 12.4 Å². The molecule has 2 rings (SSSR count). The predicted octanol–water partition coefficient (Wildman–Crippen LogP) is 2.12. The van der Waals surface area contributed by atoms with Crippen molar-refractivity contribution < 1.29 is 9.84 Å². The van der Waals surface area contributed by atoms with Gasteiger partial charge in [-0.25, -0.2) is 0 Å². The van der Waals surface area contributed by atoms with E-state index in [0.717, 1.165) is 28.7 Å². The Kier molecular flexibility index (Phi) is 3.29. The van der Waals surface area contributed by atoms with Crippen molar-refractivity contribution in [1.29, 1.82) is 0 Å². The van der Waals surface area contributed by atoms with Crippen LogP contribution < -0.4 is 5.32 Å². The van der Waals surface area contributed by atoms with Crippen molar-refractivity contribution >= 4 is 15.9 Å². The summed E-state index contributed by atoms with van der Waals surface area (Å²) < 4.78 is 6.52. The monoisotopic (exact) mass is 271 g/mol. The van der Waals surface area contributed by atoms with Crippen LogP contribution in [0.25, 0.3) is 0 Å². The quantitative estimate of drug-likeness (QED) is 0.822. The van der Waals surface area contributed by atoms with Gasteiger partial charge in [0.25, 0.3) is 0 Å². The van der Waals surface area contributed by atoms with Gasteiger partial charge in [0.1, 0.15) is 5.75 Å². The number of phenolic OH excluding ortho intramolecular Hbond substituents is 1. The fourth-order valence-electron chi connectivity index (χ4n) is 1.80. The molecule has 1 unspecified atom stereocenters. The molecule has 0 spiro atoms. The lowest BCUT2D eigenvalue weighted by Crippen LogP contribution is -2.33. The van der Waals surface area contributed by atoms with Gasteiger partial charge in [0.05, 0.1) is 12.7 Å². The highest BCUT2D eigenvalue weighted by molar-refractivity contribution is 9.10. The van der Waals surface area contributed by atoms with Crippen molar-refractivity contribution in [3.8, 4) is 5.75 Å². The van der Waals surface area contributed by atoms with Crippen LogP contribution in [0.4, 0.5) is 0 Å². The molecule has 2 N–H and O–H groups in total. The van der Waals surface area contributed by atoms with Crippen LogP contribution in [-0.4, -0.2) is 24.8 Å². The molecule has 0 radical (unpaired) electrons. The van der Waals surface area contributed by atoms with Crippen LogP contribution in [0.1, 0.15) is 17.2 Å². The summed E-state index contributed by atoms with van der Waals surface area (Å²) in [6.07, 6.45) is -0.0614. The van der Waals surface area contributed by atoms with E-state index in [9.17, 15) is 5.11 Å². The lowest BCUT2D eigenvalue weighted by atomic mass is 10.1. The molecule has 1 aromatic carbocycles. The largest absolute Gasteiger partial charge is 0.508 e. The van der Waals surface area contributed by atoms with E-state index in [1.54, 1.807) is 6.07 Å². The van der Waals surface area contributed by atoms with E-state index in [1.165, 1.54) is 0 Å². The van der Waals surface area contributed by atoms with Crippen LogP contribution in [0.15, 0.2) is 16.6 Å². The first-order valence-electron chi connectivity index (χ1n) is 5.00. The zero-order chi connectivity index (χ0) is 10.8. The van der Waals surface area contributed by atoms with Crippen molar-refractivity contribution in [3.63, 3.8) is 0 Å². The smallest absolute Gasteiger partial charge is 0.122 e. The molecule has 15 heavy (non-hydrogen) atoms. The van der Waals surface area contributed by atoms with Crippen LogP contribution in [0.2, 0.25) is 0 Å². The van der Waals surface area contributed by atoms with Crippen LogP contribution in [0.3, 0.4) is 0 Å². The molecular weight excluding hydrogens is 258 g/mol. The fourth-order valence-corrected chi connectivity index (χ4v) is 2.62. The SMILES string of the molecule is Cc1cc(O)c(C2CNCCO2)c(Br)c1. The third kappa shape index (κ3) is 2.33. The minimum atomic E-state index is -0.0614. The van der Waals surface area contributed by atoms with Gasteiger partial charge in [-0.1, -0.05) is 15.9 Å². The van der Waals surface area contributed by atoms with Gasteiger partial charge >= 0.3 is 0 Å². The molecule has 1 aliphatic rings. The number of nitrogens with one attached hydrogen (secondary N) is 1. The third-order valence-corrected chi connectivity index (χ3v) is 3.16. The fraction of sp³-hybridized carbons (Fsp3) is 0.455. The maximum Gasteiger partial charge on any atom is 0.122 e. The van der Waals surface area contributed by atoms with Crippen molar-refractivity contribution in [2.24, 2.45) is 0 Å². The average molecular weight is 272 g/mol. The molecule has 0 saturated carbocycles. The molecule has 3 nitrogen and oxygen atoms in total. The van der Waals surface area contributed by atoms with E-state index in [1.807, 2.05) is 13.0 Å². The van der Waals surface area contributed by atoms with E-state index in [-0.39, 0.29) is 6.10 Å². The third-order valence-electron chi connectivity index (χ3n) is 2.50. The number of rotatable bonds is 1. The first kappa shape index (κ1) is 10.9. The normalized spacial score (nSPS) is 21.6. The van der Waals surface area contributed by atoms with Crippen LogP contribution in [0.5, 0.6) is 5.75 Å². The molecule has 82 valence electrons. The van der Waals surface area contributed by atoms with Gasteiger partial charge in [-0.05, 0) is 24.6 Å². The van der Waals surface area contributed by atoms with E-state index in [4.69, 9.17) is 4.74 Å². The molecule has 0 bridgehead atoms. The number of aromatic hydroxyl groups is 1. The number of phenols is 1. The zero-order valence-corrected chi connectivity index (χ0v) is 10.2. The summed E-state index contributed by atoms with van der Waals surface area (Å²) in [6.45, 7) is 4.26. The zero-order valence-electron chi connectivity index (χ0n) is 8.59. The molecule has 0 aromatic heterocycles. The summed E-state index contributed by atoms with van der Waals surface area (Å²) in [4.78, 5) is 0. The van der Waals surface area contributed by atoms with E-state index < -0.39 is 0 Å². The maximum absolute atomic E-state index is 9.89. The highest BCUT2D eigenvalue weighted by Gasteiger charge is 2.21. The summed E-state index contributed by atoms with van der Waals surface area (Å²) in [6, 6.07) is 3.76. The number of morpholine rings is 1. The summed E-state index contributed by atoms with van der Waals surface area (Å²) >= 11 is 3.47. The number of aryl methyl sites for hydroxylation is 1. The van der Waals surface area contributed by atoms with Gasteiger partial charge in [-0.3, -0.25) is 0 Å². The summed E-state index contributed by atoms with van der Waals surface area (Å²) in [5, 5.41) is 13.1. The number of benzene rings is 1. The van der Waals surface area contributed by atoms with Gasteiger partial charge in [0, 0.05) is 23.1 Å². The van der Waals surface area contributed by atoms with Crippen molar-refractivity contribution in [1.82, 2.24) is 5.32 Å². The molecule has 1 atom stereocenters. The number of halogens is 1. The van der Waals surface area contributed by atoms with Crippen LogP contribution >= 0.6 is 15.9 Å². The second-order valence-corrected chi connectivity index (χ2v) is 4.60. The van der Waals surface area contributed by atoms with Gasteiger partial charge in [-0.2, -0.15) is 0 Å². The lowest BCUT2D eigenvalue weighted by Gasteiger charge is -2.25. The maximum atomic E-state index is 9.89. The Balaban J connectivity index is 2.33. The minimum Gasteiger partial charge on any atom is -0.508 e. The Morgan fingerprint density at radius 3 is 2.93 bits per heavy atom. The van der Waals surface area contributed by atoms with E-state index >= 15 is 0 Å². The molecule has 1 fully saturated rings. The minimum absolute atomic E-state index is 0.0614. The summed E-state index contributed by atoms with van der Waals surface area (Å²) in [5.74, 6) is 0.301. The Bertz CT molecular complexity index is 339. The standard InChI is InChI=1S/C11H14BrNO2/c1-7-4-8(12)11(9(14)5-7)10-6-13-2-3-15-10/h4-5,10,13-14H,2-3,6H2,1H3. The molecule has 0 amide bonds. The molecule has 1 heterocycles. The first-order valence-corrected chi connectivity index (χ1v) is 5.79. The van der Waals surface area contributed by atoms with Crippen molar-refractivity contribution in [2.45, 2.75) is 13.0 Å². The summed E-state index contributed by atoms with van der Waals surface area (Å²) in [7, 11) is 0. The Labute approximate surface area is 97.6 Å². The van der Waals surface area contributed by atoms with E-state index in [2.05, 4.69) is 21.2 Å². The number of hydrogen-bond donors (Lipinski definition) is 2. The molecule has 1 aliphatic heterocycles. The summed E-state index contributed by atoms with van der Waals surface area (Å²) in [5.41, 5.74) is 1.87. The Morgan fingerprint density at radius 2 is 2.33 bits per heavy atom. The van der Waals surface area contributed by atoms with Gasteiger partial charge in [0.2, 0.25) is 0 Å². The lowest BCUT2D eigenvalue weighted by molar-refractivity contribution is 0.0258. The average Bonchev–Trinajstić information content (AvgIpc) is 2.17. The Morgan fingerprint density at radius 1 is 1.53 bits per heavy atom. The predicted molar refractivity (Wildman–Crippen MR) is 62.1 cm³/mol. The highest BCUT2D eigenvalue weighted by atomic mass is 79.9. The van der Waals surface area contributed by atoms with Gasteiger partial charge in [-0.15, -0.1) is 0 Å². The van der Waals surface area contributed by atoms with Crippen LogP contribution in [0, 0.1) is 6.92 Å². The number of ether oxygens (including phenoxy) is 1. The Hall–Kier alpha value is -0.580. The van der Waals surface area contributed by atoms with Crippen LogP contribution in [-0.2, 0) is 4.74 Å².